The van der Waals surface area contributed by atoms with E-state index in [1.54, 1.807) is 0 Å². The van der Waals surface area contributed by atoms with Crippen LogP contribution in [0.3, 0.4) is 0 Å². The van der Waals surface area contributed by atoms with Crippen molar-refractivity contribution < 1.29 is 13.2 Å². The normalized spacial score (nSPS) is 10.2. The van der Waals surface area contributed by atoms with E-state index in [0.717, 1.165) is 6.07 Å². The van der Waals surface area contributed by atoms with Crippen LogP contribution < -0.4 is 16.6 Å². The van der Waals surface area contributed by atoms with E-state index in [4.69, 9.17) is 5.84 Å². The van der Waals surface area contributed by atoms with Crippen LogP contribution in [0.4, 0.5) is 30.5 Å². The summed E-state index contributed by atoms with van der Waals surface area (Å²) in [6.07, 6.45) is 0. The number of nitrogens with zero attached hydrogens (tertiary/aromatic N) is 1. The average Bonchev–Trinajstić information content (AvgIpc) is 2.33. The van der Waals surface area contributed by atoms with Gasteiger partial charge < -0.3 is 10.7 Å². The van der Waals surface area contributed by atoms with Crippen molar-refractivity contribution in [3.05, 3.63) is 47.8 Å². The SMILES string of the molecule is NNc1nc(Nc2cccc(F)c2)c(F)cc1F. The van der Waals surface area contributed by atoms with Gasteiger partial charge in [0.2, 0.25) is 0 Å². The maximum absolute atomic E-state index is 13.4. The van der Waals surface area contributed by atoms with Crippen molar-refractivity contribution >= 4 is 17.3 Å². The first-order chi connectivity index (χ1) is 8.60. The first-order valence-corrected chi connectivity index (χ1v) is 4.95. The van der Waals surface area contributed by atoms with Crippen LogP contribution in [0.2, 0.25) is 0 Å². The summed E-state index contributed by atoms with van der Waals surface area (Å²) in [7, 11) is 0. The summed E-state index contributed by atoms with van der Waals surface area (Å²) in [5, 5.41) is 2.53. The van der Waals surface area contributed by atoms with Crippen LogP contribution >= 0.6 is 0 Å². The number of pyridine rings is 1. The Morgan fingerprint density at radius 1 is 1.00 bits per heavy atom. The Kier molecular flexibility index (Phi) is 3.33. The van der Waals surface area contributed by atoms with Crippen molar-refractivity contribution in [1.82, 2.24) is 4.98 Å². The van der Waals surface area contributed by atoms with E-state index >= 15 is 0 Å². The maximum atomic E-state index is 13.4. The van der Waals surface area contributed by atoms with Crippen molar-refractivity contribution in [2.45, 2.75) is 0 Å². The maximum Gasteiger partial charge on any atom is 0.178 e. The summed E-state index contributed by atoms with van der Waals surface area (Å²) in [5.74, 6) is 2.15. The van der Waals surface area contributed by atoms with Gasteiger partial charge in [0, 0.05) is 11.8 Å². The lowest BCUT2D eigenvalue weighted by Gasteiger charge is -2.09. The fourth-order valence-electron chi connectivity index (χ4n) is 1.36. The second kappa shape index (κ2) is 4.92. The number of hydrazine groups is 1. The molecule has 0 aliphatic heterocycles. The van der Waals surface area contributed by atoms with E-state index in [9.17, 15) is 13.2 Å². The molecular formula is C11H9F3N4. The highest BCUT2D eigenvalue weighted by molar-refractivity contribution is 5.58. The molecule has 0 aliphatic rings. The lowest BCUT2D eigenvalue weighted by atomic mass is 10.3. The van der Waals surface area contributed by atoms with Gasteiger partial charge in [0.1, 0.15) is 5.82 Å². The summed E-state index contributed by atoms with van der Waals surface area (Å²) in [4.78, 5) is 3.60. The predicted octanol–water partition coefficient (Wildman–Crippen LogP) is 2.53. The Balaban J connectivity index is 2.34. The summed E-state index contributed by atoms with van der Waals surface area (Å²) < 4.78 is 39.5. The standard InChI is InChI=1S/C11H9F3N4/c12-6-2-1-3-7(4-6)16-10-8(13)5-9(14)11(17-10)18-15/h1-5H,15H2,(H2,16,17,18). The zero-order valence-corrected chi connectivity index (χ0v) is 9.05. The smallest absolute Gasteiger partial charge is 0.178 e. The first-order valence-electron chi connectivity index (χ1n) is 4.95. The van der Waals surface area contributed by atoms with Gasteiger partial charge in [-0.1, -0.05) is 6.07 Å². The van der Waals surface area contributed by atoms with E-state index in [2.05, 4.69) is 10.3 Å². The van der Waals surface area contributed by atoms with E-state index < -0.39 is 17.5 Å². The van der Waals surface area contributed by atoms with Crippen molar-refractivity contribution in [2.75, 3.05) is 10.7 Å². The fraction of sp³-hybridized carbons (Fsp3) is 0. The molecule has 0 bridgehead atoms. The Labute approximate surface area is 101 Å². The Morgan fingerprint density at radius 3 is 2.39 bits per heavy atom. The molecule has 0 fully saturated rings. The Bertz CT molecular complexity index is 574. The number of nitrogen functional groups attached to an aromatic ring is 1. The molecular weight excluding hydrogens is 245 g/mol. The molecule has 94 valence electrons. The summed E-state index contributed by atoms with van der Waals surface area (Å²) >= 11 is 0. The van der Waals surface area contributed by atoms with E-state index in [1.165, 1.54) is 18.2 Å². The Hall–Kier alpha value is -2.28. The van der Waals surface area contributed by atoms with Crippen molar-refractivity contribution in [3.63, 3.8) is 0 Å². The molecule has 1 aromatic carbocycles. The number of nitrogens with two attached hydrogens (primary N) is 1. The van der Waals surface area contributed by atoms with Crippen LogP contribution in [0.25, 0.3) is 0 Å². The topological polar surface area (TPSA) is 63.0 Å². The number of hydrogen-bond donors (Lipinski definition) is 3. The van der Waals surface area contributed by atoms with Crippen LogP contribution in [0.15, 0.2) is 30.3 Å². The van der Waals surface area contributed by atoms with E-state index in [1.807, 2.05) is 5.43 Å². The van der Waals surface area contributed by atoms with Gasteiger partial charge in [0.15, 0.2) is 23.3 Å². The van der Waals surface area contributed by atoms with Crippen LogP contribution in [-0.4, -0.2) is 4.98 Å². The highest BCUT2D eigenvalue weighted by atomic mass is 19.1. The van der Waals surface area contributed by atoms with Gasteiger partial charge in [-0.15, -0.1) is 0 Å². The zero-order valence-electron chi connectivity index (χ0n) is 9.05. The van der Waals surface area contributed by atoms with Gasteiger partial charge in [-0.05, 0) is 18.2 Å². The number of anilines is 3. The third-order valence-corrected chi connectivity index (χ3v) is 2.15. The lowest BCUT2D eigenvalue weighted by molar-refractivity contribution is 0.579. The molecule has 2 rings (SSSR count). The summed E-state index contributed by atoms with van der Waals surface area (Å²) in [6.45, 7) is 0. The minimum atomic E-state index is -0.917. The number of hydrogen-bond acceptors (Lipinski definition) is 4. The molecule has 2 aromatic rings. The highest BCUT2D eigenvalue weighted by Gasteiger charge is 2.11. The number of halogens is 3. The summed E-state index contributed by atoms with van der Waals surface area (Å²) in [5.41, 5.74) is 2.28. The Morgan fingerprint density at radius 2 is 1.72 bits per heavy atom. The largest absolute Gasteiger partial charge is 0.338 e. The number of aromatic nitrogens is 1. The van der Waals surface area contributed by atoms with Crippen molar-refractivity contribution in [2.24, 2.45) is 5.84 Å². The number of nitrogens with one attached hydrogen (secondary N) is 2. The molecule has 7 heteroatoms. The summed E-state index contributed by atoms with van der Waals surface area (Å²) in [6, 6.07) is 5.99. The molecule has 4 nitrogen and oxygen atoms in total. The lowest BCUT2D eigenvalue weighted by Crippen LogP contribution is -2.12. The minimum absolute atomic E-state index is 0.255. The molecule has 0 atom stereocenters. The third-order valence-electron chi connectivity index (χ3n) is 2.15. The number of rotatable bonds is 3. The third kappa shape index (κ3) is 2.51. The van der Waals surface area contributed by atoms with Crippen LogP contribution in [0, 0.1) is 17.5 Å². The van der Waals surface area contributed by atoms with Crippen molar-refractivity contribution in [3.8, 4) is 0 Å². The molecule has 18 heavy (non-hydrogen) atoms. The highest BCUT2D eigenvalue weighted by Crippen LogP contribution is 2.22. The first kappa shape index (κ1) is 12.2. The monoisotopic (exact) mass is 254 g/mol. The molecule has 0 aliphatic carbocycles. The average molecular weight is 254 g/mol. The number of benzene rings is 1. The van der Waals surface area contributed by atoms with Gasteiger partial charge in [-0.25, -0.2) is 24.0 Å². The molecule has 0 amide bonds. The molecule has 1 aromatic heterocycles. The second-order valence-corrected chi connectivity index (χ2v) is 3.43. The van der Waals surface area contributed by atoms with E-state index in [0.29, 0.717) is 6.07 Å². The van der Waals surface area contributed by atoms with Crippen LogP contribution in [0.5, 0.6) is 0 Å². The van der Waals surface area contributed by atoms with Gasteiger partial charge >= 0.3 is 0 Å². The quantitative estimate of drug-likeness (QED) is 0.581. The molecule has 4 N–H and O–H groups in total. The van der Waals surface area contributed by atoms with Gasteiger partial charge in [-0.2, -0.15) is 0 Å². The van der Waals surface area contributed by atoms with Gasteiger partial charge in [0.25, 0.3) is 0 Å². The van der Waals surface area contributed by atoms with Crippen LogP contribution in [-0.2, 0) is 0 Å². The fourth-order valence-corrected chi connectivity index (χ4v) is 1.36. The van der Waals surface area contributed by atoms with Crippen LogP contribution in [0.1, 0.15) is 0 Å². The molecule has 1 heterocycles. The van der Waals surface area contributed by atoms with Gasteiger partial charge in [-0.3, -0.25) is 0 Å². The molecule has 0 radical (unpaired) electrons. The zero-order chi connectivity index (χ0) is 13.1. The predicted molar refractivity (Wildman–Crippen MR) is 61.6 cm³/mol. The second-order valence-electron chi connectivity index (χ2n) is 3.43. The molecule has 0 saturated heterocycles. The molecule has 0 saturated carbocycles. The molecule has 0 spiro atoms. The molecule has 0 unspecified atom stereocenters. The van der Waals surface area contributed by atoms with E-state index in [-0.39, 0.29) is 17.3 Å². The van der Waals surface area contributed by atoms with Gasteiger partial charge in [0.05, 0.1) is 0 Å². The minimum Gasteiger partial charge on any atom is -0.338 e. The van der Waals surface area contributed by atoms with Crippen molar-refractivity contribution in [1.29, 1.82) is 0 Å².